The van der Waals surface area contributed by atoms with Crippen molar-refractivity contribution in [3.05, 3.63) is 47.5 Å². The molecule has 0 radical (unpaired) electrons. The molecule has 2 atom stereocenters. The zero-order chi connectivity index (χ0) is 19.7. The Morgan fingerprint density at radius 2 is 2.04 bits per heavy atom. The van der Waals surface area contributed by atoms with Gasteiger partial charge in [-0.15, -0.1) is 0 Å². The number of aromatic nitrogens is 2. The molecule has 0 unspecified atom stereocenters. The fourth-order valence-corrected chi connectivity index (χ4v) is 4.48. The number of nitrogens with one attached hydrogen (secondary N) is 2. The predicted molar refractivity (Wildman–Crippen MR) is 108 cm³/mol. The van der Waals surface area contributed by atoms with Gasteiger partial charge in [0.2, 0.25) is 0 Å². The highest BCUT2D eigenvalue weighted by Crippen LogP contribution is 2.30. The molecule has 8 heteroatoms. The topological polar surface area (TPSA) is 76.1 Å². The first-order valence-electron chi connectivity index (χ1n) is 9.18. The molecule has 1 aromatic carbocycles. The van der Waals surface area contributed by atoms with Gasteiger partial charge in [-0.2, -0.15) is 0 Å². The Morgan fingerprint density at radius 1 is 1.21 bits per heavy atom. The van der Waals surface area contributed by atoms with Gasteiger partial charge in [0.25, 0.3) is 5.91 Å². The van der Waals surface area contributed by atoms with Gasteiger partial charge < -0.3 is 15.4 Å². The van der Waals surface area contributed by atoms with E-state index in [1.807, 2.05) is 13.0 Å². The van der Waals surface area contributed by atoms with Gasteiger partial charge in [-0.1, -0.05) is 11.3 Å². The van der Waals surface area contributed by atoms with Gasteiger partial charge in [-0.05, 0) is 56.5 Å². The molecule has 1 saturated carbocycles. The lowest BCUT2D eigenvalue weighted by molar-refractivity contribution is 0.0927. The number of rotatable bonds is 5. The van der Waals surface area contributed by atoms with E-state index in [9.17, 15) is 9.18 Å². The molecular weight excluding hydrogens is 379 g/mol. The lowest BCUT2D eigenvalue weighted by Gasteiger charge is -2.22. The SMILES string of the molecule is COc1ccc(C)nc1C(=O)N[C@H]1CCC[C@@H]1Nc1nc2ccc(F)cc2s1. The Hall–Kier alpha value is -2.74. The highest BCUT2D eigenvalue weighted by Gasteiger charge is 2.30. The van der Waals surface area contributed by atoms with Crippen molar-refractivity contribution >= 4 is 32.6 Å². The monoisotopic (exact) mass is 400 g/mol. The summed E-state index contributed by atoms with van der Waals surface area (Å²) in [6, 6.07) is 8.16. The largest absolute Gasteiger partial charge is 0.494 e. The molecule has 1 fully saturated rings. The molecule has 2 aromatic heterocycles. The maximum atomic E-state index is 13.4. The van der Waals surface area contributed by atoms with E-state index < -0.39 is 0 Å². The van der Waals surface area contributed by atoms with E-state index in [0.717, 1.165) is 40.3 Å². The molecule has 2 heterocycles. The van der Waals surface area contributed by atoms with Gasteiger partial charge in [0.05, 0.1) is 17.3 Å². The zero-order valence-corrected chi connectivity index (χ0v) is 16.5. The van der Waals surface area contributed by atoms with Gasteiger partial charge in [0.15, 0.2) is 10.8 Å². The van der Waals surface area contributed by atoms with Crippen LogP contribution in [0.4, 0.5) is 9.52 Å². The van der Waals surface area contributed by atoms with Crippen molar-refractivity contribution in [2.45, 2.75) is 38.3 Å². The minimum Gasteiger partial charge on any atom is -0.494 e. The summed E-state index contributed by atoms with van der Waals surface area (Å²) < 4.78 is 19.5. The summed E-state index contributed by atoms with van der Waals surface area (Å²) in [6.07, 6.45) is 2.80. The number of hydrogen-bond donors (Lipinski definition) is 2. The Labute approximate surface area is 166 Å². The number of carbonyl (C=O) groups is 1. The number of amides is 1. The van der Waals surface area contributed by atoms with E-state index in [4.69, 9.17) is 4.74 Å². The van der Waals surface area contributed by atoms with Gasteiger partial charge in [0, 0.05) is 17.8 Å². The quantitative estimate of drug-likeness (QED) is 0.679. The summed E-state index contributed by atoms with van der Waals surface area (Å²) in [6.45, 7) is 1.84. The standard InChI is InChI=1S/C20H21FN4O2S/c1-11-6-9-16(27-2)18(22-11)19(26)23-13-4-3-5-14(13)24-20-25-15-8-7-12(21)10-17(15)28-20/h6-10,13-14H,3-5H2,1-2H3,(H,23,26)(H,24,25)/t13-,14-/m0/s1. The molecule has 0 aliphatic heterocycles. The number of halogens is 1. The molecule has 0 saturated heterocycles. The van der Waals surface area contributed by atoms with Crippen molar-refractivity contribution in [2.24, 2.45) is 0 Å². The molecule has 0 spiro atoms. The Balaban J connectivity index is 1.48. The maximum Gasteiger partial charge on any atom is 0.274 e. The Morgan fingerprint density at radius 3 is 2.86 bits per heavy atom. The molecule has 1 amide bonds. The van der Waals surface area contributed by atoms with E-state index in [1.165, 1.54) is 30.6 Å². The van der Waals surface area contributed by atoms with Crippen LogP contribution < -0.4 is 15.4 Å². The van der Waals surface area contributed by atoms with Crippen LogP contribution in [0, 0.1) is 12.7 Å². The van der Waals surface area contributed by atoms with Crippen LogP contribution in [0.1, 0.15) is 35.4 Å². The molecule has 2 N–H and O–H groups in total. The third kappa shape index (κ3) is 3.77. The third-order valence-electron chi connectivity index (χ3n) is 4.92. The fourth-order valence-electron chi connectivity index (χ4n) is 3.53. The molecule has 6 nitrogen and oxygen atoms in total. The van der Waals surface area contributed by atoms with E-state index in [0.29, 0.717) is 11.4 Å². The predicted octanol–water partition coefficient (Wildman–Crippen LogP) is 3.91. The second-order valence-electron chi connectivity index (χ2n) is 6.90. The average Bonchev–Trinajstić information content (AvgIpc) is 3.27. The molecule has 146 valence electrons. The number of ether oxygens (including phenoxy) is 1. The Kier molecular flexibility index (Phi) is 5.13. The van der Waals surface area contributed by atoms with Crippen LogP contribution in [0.15, 0.2) is 30.3 Å². The lowest BCUT2D eigenvalue weighted by atomic mass is 10.1. The van der Waals surface area contributed by atoms with Crippen LogP contribution in [0.2, 0.25) is 0 Å². The number of aryl methyl sites for hydroxylation is 1. The number of nitrogens with zero attached hydrogens (tertiary/aromatic N) is 2. The summed E-state index contributed by atoms with van der Waals surface area (Å²) in [5.41, 5.74) is 1.82. The summed E-state index contributed by atoms with van der Waals surface area (Å²) in [4.78, 5) is 21.6. The normalized spacial score (nSPS) is 19.0. The van der Waals surface area contributed by atoms with E-state index in [2.05, 4.69) is 20.6 Å². The first-order chi connectivity index (χ1) is 13.5. The van der Waals surface area contributed by atoms with Gasteiger partial charge in [0.1, 0.15) is 11.6 Å². The first-order valence-corrected chi connectivity index (χ1v) is 10.0. The highest BCUT2D eigenvalue weighted by atomic mass is 32.1. The molecule has 1 aliphatic carbocycles. The molecule has 4 rings (SSSR count). The van der Waals surface area contributed by atoms with Crippen molar-refractivity contribution in [3.8, 4) is 5.75 Å². The smallest absolute Gasteiger partial charge is 0.274 e. The van der Waals surface area contributed by atoms with Crippen molar-refractivity contribution in [3.63, 3.8) is 0 Å². The van der Waals surface area contributed by atoms with E-state index in [1.54, 1.807) is 12.1 Å². The number of carbonyl (C=O) groups excluding carboxylic acids is 1. The van der Waals surface area contributed by atoms with Crippen molar-refractivity contribution in [2.75, 3.05) is 12.4 Å². The van der Waals surface area contributed by atoms with Crippen LogP contribution in [0.25, 0.3) is 10.2 Å². The van der Waals surface area contributed by atoms with Crippen LogP contribution in [-0.4, -0.2) is 35.1 Å². The van der Waals surface area contributed by atoms with E-state index in [-0.39, 0.29) is 23.8 Å². The number of anilines is 1. The first kappa shape index (κ1) is 18.6. The van der Waals surface area contributed by atoms with Crippen LogP contribution >= 0.6 is 11.3 Å². The van der Waals surface area contributed by atoms with Gasteiger partial charge in [-0.25, -0.2) is 14.4 Å². The lowest BCUT2D eigenvalue weighted by Crippen LogP contribution is -2.43. The number of hydrogen-bond acceptors (Lipinski definition) is 6. The van der Waals surface area contributed by atoms with Crippen LogP contribution in [-0.2, 0) is 0 Å². The molecular formula is C20H21FN4O2S. The number of thiazole rings is 1. The second kappa shape index (κ2) is 7.71. The van der Waals surface area contributed by atoms with Gasteiger partial charge in [-0.3, -0.25) is 4.79 Å². The molecule has 3 aromatic rings. The summed E-state index contributed by atoms with van der Waals surface area (Å²) in [7, 11) is 1.53. The van der Waals surface area contributed by atoms with Crippen molar-refractivity contribution < 1.29 is 13.9 Å². The maximum absolute atomic E-state index is 13.4. The minimum atomic E-state index is -0.270. The molecule has 0 bridgehead atoms. The fraction of sp³-hybridized carbons (Fsp3) is 0.350. The average molecular weight is 400 g/mol. The highest BCUT2D eigenvalue weighted by molar-refractivity contribution is 7.22. The van der Waals surface area contributed by atoms with Crippen LogP contribution in [0.5, 0.6) is 5.75 Å². The summed E-state index contributed by atoms with van der Waals surface area (Å²) in [5.74, 6) is -0.0577. The van der Waals surface area contributed by atoms with Crippen LogP contribution in [0.3, 0.4) is 0 Å². The molecule has 28 heavy (non-hydrogen) atoms. The number of benzene rings is 1. The van der Waals surface area contributed by atoms with E-state index >= 15 is 0 Å². The minimum absolute atomic E-state index is 0.0386. The zero-order valence-electron chi connectivity index (χ0n) is 15.7. The summed E-state index contributed by atoms with van der Waals surface area (Å²) in [5, 5.41) is 7.23. The number of fused-ring (bicyclic) bond motifs is 1. The number of methoxy groups -OCH3 is 1. The van der Waals surface area contributed by atoms with Gasteiger partial charge >= 0.3 is 0 Å². The second-order valence-corrected chi connectivity index (χ2v) is 7.93. The summed E-state index contributed by atoms with van der Waals surface area (Å²) >= 11 is 1.42. The van der Waals surface area contributed by atoms with Crippen molar-refractivity contribution in [1.82, 2.24) is 15.3 Å². The Bertz CT molecular complexity index is 1020. The van der Waals surface area contributed by atoms with Crippen molar-refractivity contribution in [1.29, 1.82) is 0 Å². The number of pyridine rings is 1. The third-order valence-corrected chi connectivity index (χ3v) is 5.87. The molecule has 1 aliphatic rings.